The van der Waals surface area contributed by atoms with Crippen LogP contribution in [0, 0.1) is 10.7 Å². The predicted molar refractivity (Wildman–Crippen MR) is 37.8 cm³/mol. The largest absolute Gasteiger partial charge is 0.392 e. The van der Waals surface area contributed by atoms with E-state index in [2.05, 4.69) is 5.18 Å². The molecule has 4 heteroatoms. The monoisotopic (exact) mass is 155 g/mol. The van der Waals surface area contributed by atoms with Crippen LogP contribution in [0.15, 0.2) is 23.4 Å². The van der Waals surface area contributed by atoms with Gasteiger partial charge in [0.2, 0.25) is 0 Å². The third-order valence-electron chi connectivity index (χ3n) is 1.29. The second kappa shape index (κ2) is 3.21. The normalized spacial score (nSPS) is 9.64. The van der Waals surface area contributed by atoms with Gasteiger partial charge in [-0.1, -0.05) is 6.07 Å². The van der Waals surface area contributed by atoms with Crippen molar-refractivity contribution in [3.8, 4) is 0 Å². The van der Waals surface area contributed by atoms with Crippen LogP contribution in [0.5, 0.6) is 0 Å². The lowest BCUT2D eigenvalue weighted by Crippen LogP contribution is -1.84. The van der Waals surface area contributed by atoms with Gasteiger partial charge in [-0.15, -0.1) is 4.91 Å². The van der Waals surface area contributed by atoms with Crippen molar-refractivity contribution in [1.29, 1.82) is 0 Å². The van der Waals surface area contributed by atoms with E-state index < -0.39 is 5.82 Å². The number of nitrogens with zero attached hydrogens (tertiary/aromatic N) is 1. The second-order valence-electron chi connectivity index (χ2n) is 2.04. The summed E-state index contributed by atoms with van der Waals surface area (Å²) >= 11 is 0. The minimum absolute atomic E-state index is 0.234. The Labute approximate surface area is 62.5 Å². The van der Waals surface area contributed by atoms with Gasteiger partial charge in [0.1, 0.15) is 5.69 Å². The molecule has 0 bridgehead atoms. The van der Waals surface area contributed by atoms with Crippen LogP contribution in [-0.2, 0) is 6.61 Å². The fourth-order valence-corrected chi connectivity index (χ4v) is 0.723. The number of rotatable bonds is 2. The minimum Gasteiger partial charge on any atom is -0.392 e. The lowest BCUT2D eigenvalue weighted by Gasteiger charge is -1.95. The van der Waals surface area contributed by atoms with Gasteiger partial charge in [-0.25, -0.2) is 4.39 Å². The minimum atomic E-state index is -0.702. The van der Waals surface area contributed by atoms with Gasteiger partial charge in [-0.3, -0.25) is 0 Å². The van der Waals surface area contributed by atoms with Crippen LogP contribution >= 0.6 is 0 Å². The van der Waals surface area contributed by atoms with E-state index in [1.165, 1.54) is 12.1 Å². The zero-order valence-corrected chi connectivity index (χ0v) is 5.62. The molecule has 0 fully saturated rings. The maximum Gasteiger partial charge on any atom is 0.152 e. The van der Waals surface area contributed by atoms with Crippen LogP contribution in [0.1, 0.15) is 5.56 Å². The number of aliphatic hydroxyl groups excluding tert-OH is 1. The van der Waals surface area contributed by atoms with Crippen LogP contribution < -0.4 is 0 Å². The first-order valence-corrected chi connectivity index (χ1v) is 3.00. The highest BCUT2D eigenvalue weighted by Gasteiger charge is 2.01. The standard InChI is InChI=1S/C7H6FNO2/c8-6-3-5(4-10)1-2-7(6)9-11/h1-3,10H,4H2. The molecule has 11 heavy (non-hydrogen) atoms. The Bertz CT molecular complexity index is 275. The predicted octanol–water partition coefficient (Wildman–Crippen LogP) is 1.72. The van der Waals surface area contributed by atoms with Crippen molar-refractivity contribution in [3.05, 3.63) is 34.5 Å². The Hall–Kier alpha value is -1.29. The van der Waals surface area contributed by atoms with Crippen LogP contribution in [0.4, 0.5) is 10.1 Å². The number of benzene rings is 1. The van der Waals surface area contributed by atoms with Crippen LogP contribution in [0.3, 0.4) is 0 Å². The molecule has 0 aliphatic rings. The average molecular weight is 155 g/mol. The Morgan fingerprint density at radius 3 is 2.73 bits per heavy atom. The molecule has 0 saturated carbocycles. The van der Waals surface area contributed by atoms with E-state index in [4.69, 9.17) is 5.11 Å². The quantitative estimate of drug-likeness (QED) is 0.661. The maximum absolute atomic E-state index is 12.6. The van der Waals surface area contributed by atoms with E-state index in [1.807, 2.05) is 0 Å². The molecule has 58 valence electrons. The first-order valence-electron chi connectivity index (χ1n) is 3.00. The molecule has 0 unspecified atom stereocenters. The van der Waals surface area contributed by atoms with Gasteiger partial charge in [0.15, 0.2) is 5.82 Å². The van der Waals surface area contributed by atoms with Gasteiger partial charge in [0, 0.05) is 0 Å². The highest BCUT2D eigenvalue weighted by atomic mass is 19.1. The molecule has 0 aliphatic carbocycles. The second-order valence-corrected chi connectivity index (χ2v) is 2.04. The van der Waals surface area contributed by atoms with Gasteiger partial charge in [0.05, 0.1) is 6.61 Å². The van der Waals surface area contributed by atoms with Gasteiger partial charge in [-0.2, -0.15) is 0 Å². The number of halogens is 1. The smallest absolute Gasteiger partial charge is 0.152 e. The molecule has 0 radical (unpaired) electrons. The first kappa shape index (κ1) is 7.81. The third kappa shape index (κ3) is 1.59. The highest BCUT2D eigenvalue weighted by Crippen LogP contribution is 2.17. The van der Waals surface area contributed by atoms with Gasteiger partial charge < -0.3 is 5.11 Å². The topological polar surface area (TPSA) is 49.7 Å². The molecule has 0 spiro atoms. The lowest BCUT2D eigenvalue weighted by molar-refractivity contribution is 0.281. The molecule has 0 atom stereocenters. The summed E-state index contributed by atoms with van der Waals surface area (Å²) in [6, 6.07) is 3.75. The van der Waals surface area contributed by atoms with E-state index in [9.17, 15) is 9.30 Å². The van der Waals surface area contributed by atoms with Crippen molar-refractivity contribution < 1.29 is 9.50 Å². The first-order chi connectivity index (χ1) is 5.27. The number of hydrogen-bond donors (Lipinski definition) is 1. The number of hydrogen-bond acceptors (Lipinski definition) is 3. The van der Waals surface area contributed by atoms with E-state index in [0.29, 0.717) is 5.56 Å². The number of aliphatic hydroxyl groups is 1. The van der Waals surface area contributed by atoms with Crippen molar-refractivity contribution >= 4 is 5.69 Å². The van der Waals surface area contributed by atoms with Crippen molar-refractivity contribution in [3.63, 3.8) is 0 Å². The molecule has 0 aromatic heterocycles. The Balaban J connectivity index is 3.09. The maximum atomic E-state index is 12.6. The highest BCUT2D eigenvalue weighted by molar-refractivity contribution is 5.40. The summed E-state index contributed by atoms with van der Waals surface area (Å²) in [5.41, 5.74) is 0.192. The summed E-state index contributed by atoms with van der Waals surface area (Å²) in [5, 5.41) is 11.0. The molecule has 3 nitrogen and oxygen atoms in total. The van der Waals surface area contributed by atoms with Gasteiger partial charge in [-0.05, 0) is 22.9 Å². The van der Waals surface area contributed by atoms with Gasteiger partial charge >= 0.3 is 0 Å². The Morgan fingerprint density at radius 2 is 2.27 bits per heavy atom. The average Bonchev–Trinajstić information content (AvgIpc) is 2.04. The molecule has 1 rings (SSSR count). The fourth-order valence-electron chi connectivity index (χ4n) is 0.723. The zero-order chi connectivity index (χ0) is 8.27. The van der Waals surface area contributed by atoms with Crippen molar-refractivity contribution in [2.45, 2.75) is 6.61 Å². The van der Waals surface area contributed by atoms with Gasteiger partial charge in [0.25, 0.3) is 0 Å². The fraction of sp³-hybridized carbons (Fsp3) is 0.143. The summed E-state index contributed by atoms with van der Waals surface area (Å²) in [7, 11) is 0. The molecular weight excluding hydrogens is 149 g/mol. The molecule has 0 heterocycles. The summed E-state index contributed by atoms with van der Waals surface area (Å²) in [5.74, 6) is -0.702. The molecule has 0 saturated heterocycles. The molecule has 0 aliphatic heterocycles. The summed E-state index contributed by atoms with van der Waals surface area (Å²) in [4.78, 5) is 9.87. The molecule has 1 N–H and O–H groups in total. The van der Waals surface area contributed by atoms with Crippen LogP contribution in [-0.4, -0.2) is 5.11 Å². The number of nitroso groups, excluding NO2 is 1. The van der Waals surface area contributed by atoms with Crippen molar-refractivity contribution in [2.24, 2.45) is 5.18 Å². The van der Waals surface area contributed by atoms with Crippen molar-refractivity contribution in [1.82, 2.24) is 0 Å². The summed E-state index contributed by atoms with van der Waals surface area (Å²) in [6.45, 7) is -0.240. The van der Waals surface area contributed by atoms with Crippen LogP contribution in [0.25, 0.3) is 0 Å². The van der Waals surface area contributed by atoms with Crippen LogP contribution in [0.2, 0.25) is 0 Å². The SMILES string of the molecule is O=Nc1ccc(CO)cc1F. The zero-order valence-electron chi connectivity index (χ0n) is 5.62. The lowest BCUT2D eigenvalue weighted by atomic mass is 10.2. The molecule has 1 aromatic carbocycles. The summed E-state index contributed by atoms with van der Waals surface area (Å²) in [6.07, 6.45) is 0. The van der Waals surface area contributed by atoms with E-state index in [1.54, 1.807) is 0 Å². The Morgan fingerprint density at radius 1 is 1.55 bits per heavy atom. The molecule has 0 amide bonds. The third-order valence-corrected chi connectivity index (χ3v) is 1.29. The van der Waals surface area contributed by atoms with Crippen molar-refractivity contribution in [2.75, 3.05) is 0 Å². The van der Waals surface area contributed by atoms with E-state index in [-0.39, 0.29) is 12.3 Å². The van der Waals surface area contributed by atoms with E-state index in [0.717, 1.165) is 6.07 Å². The molecule has 1 aromatic rings. The summed E-state index contributed by atoms with van der Waals surface area (Å²) < 4.78 is 12.6. The molecular formula is C7H6FNO2. The Kier molecular flexibility index (Phi) is 2.28. The van der Waals surface area contributed by atoms with E-state index >= 15 is 0 Å².